The lowest BCUT2D eigenvalue weighted by Gasteiger charge is -2.26. The number of allylic oxidation sites excluding steroid dienone is 4. The van der Waals surface area contributed by atoms with Gasteiger partial charge in [0.05, 0.1) is 39.9 Å². The van der Waals surface area contributed by atoms with E-state index in [1.54, 1.807) is 0 Å². The molecule has 9 heteroatoms. The molecule has 0 aliphatic heterocycles. The number of nitrogens with one attached hydrogen (secondary N) is 1. The van der Waals surface area contributed by atoms with Crippen LogP contribution in [0.1, 0.15) is 206 Å². The molecule has 0 bridgehead atoms. The lowest BCUT2D eigenvalue weighted by Crippen LogP contribution is -2.46. The number of carbonyl (C=O) groups is 1. The number of rotatable bonds is 41. The summed E-state index contributed by atoms with van der Waals surface area (Å²) in [7, 11) is 1.61. The Balaban J connectivity index is 4.38. The van der Waals surface area contributed by atoms with Crippen molar-refractivity contribution in [1.29, 1.82) is 0 Å². The molecule has 8 nitrogen and oxygen atoms in total. The summed E-state index contributed by atoms with van der Waals surface area (Å²) < 4.78 is 23.6. The minimum Gasteiger partial charge on any atom is -0.391 e. The van der Waals surface area contributed by atoms with Crippen molar-refractivity contribution in [2.75, 3.05) is 40.9 Å². The van der Waals surface area contributed by atoms with E-state index in [4.69, 9.17) is 9.05 Å². The quantitative estimate of drug-likeness (QED) is 0.0247. The average molecular weight is 786 g/mol. The molecule has 0 aromatic heterocycles. The van der Waals surface area contributed by atoms with E-state index in [0.717, 1.165) is 64.2 Å². The van der Waals surface area contributed by atoms with Crippen LogP contribution in [0, 0.1) is 0 Å². The molecule has 320 valence electrons. The number of carbonyl (C=O) groups excluding carboxylic acids is 1. The molecule has 0 fully saturated rings. The summed E-state index contributed by atoms with van der Waals surface area (Å²) in [6.45, 7) is 4.86. The first-order valence-corrected chi connectivity index (χ1v) is 24.2. The van der Waals surface area contributed by atoms with Crippen molar-refractivity contribution in [2.45, 2.75) is 219 Å². The standard InChI is InChI=1S/C45H89N2O6P/c1-6-8-10-12-14-16-18-20-22-24-26-28-30-32-34-36-38-44(48)43(42-53-54(50,51)52-41-40-47(3,4)5)46-45(49)39-37-35-33-31-29-27-25-23-21-19-17-15-13-11-9-7-2/h17,19,23,25,43-44,48H,6-16,18,20-22,24,26-42H2,1-5H3,(H-,46,49,50,51)/p+1/b19-17-,25-23-. The Kier molecular flexibility index (Phi) is 36.8. The lowest BCUT2D eigenvalue weighted by atomic mass is 10.0. The zero-order valence-electron chi connectivity index (χ0n) is 36.2. The molecule has 0 saturated heterocycles. The number of hydrogen-bond acceptors (Lipinski definition) is 5. The van der Waals surface area contributed by atoms with Crippen molar-refractivity contribution in [3.05, 3.63) is 24.3 Å². The molecule has 0 radical (unpaired) electrons. The van der Waals surface area contributed by atoms with E-state index in [0.29, 0.717) is 23.9 Å². The van der Waals surface area contributed by atoms with Gasteiger partial charge in [0.1, 0.15) is 13.2 Å². The molecule has 3 atom stereocenters. The number of amides is 1. The van der Waals surface area contributed by atoms with Gasteiger partial charge in [-0.3, -0.25) is 13.8 Å². The maximum absolute atomic E-state index is 12.9. The van der Waals surface area contributed by atoms with Crippen molar-refractivity contribution in [3.63, 3.8) is 0 Å². The van der Waals surface area contributed by atoms with Gasteiger partial charge in [-0.2, -0.15) is 0 Å². The molecule has 0 aromatic carbocycles. The molecule has 54 heavy (non-hydrogen) atoms. The molecule has 0 heterocycles. The van der Waals surface area contributed by atoms with Gasteiger partial charge in [0.2, 0.25) is 5.91 Å². The van der Waals surface area contributed by atoms with Crippen molar-refractivity contribution in [1.82, 2.24) is 5.32 Å². The molecular formula is C45H90N2O6P+. The van der Waals surface area contributed by atoms with Crippen LogP contribution in [0.2, 0.25) is 0 Å². The van der Waals surface area contributed by atoms with Gasteiger partial charge in [-0.05, 0) is 44.9 Å². The van der Waals surface area contributed by atoms with Gasteiger partial charge in [0, 0.05) is 6.42 Å². The van der Waals surface area contributed by atoms with Gasteiger partial charge in [0.25, 0.3) is 0 Å². The van der Waals surface area contributed by atoms with Crippen LogP contribution in [0.25, 0.3) is 0 Å². The Bertz CT molecular complexity index is 938. The van der Waals surface area contributed by atoms with Crippen LogP contribution in [0.5, 0.6) is 0 Å². The normalized spacial score (nSPS) is 14.6. The maximum atomic E-state index is 12.9. The zero-order valence-corrected chi connectivity index (χ0v) is 37.1. The van der Waals surface area contributed by atoms with Crippen LogP contribution in [-0.4, -0.2) is 73.4 Å². The number of phosphoric ester groups is 1. The molecule has 0 aromatic rings. The highest BCUT2D eigenvalue weighted by Crippen LogP contribution is 2.43. The van der Waals surface area contributed by atoms with Crippen molar-refractivity contribution >= 4 is 13.7 Å². The highest BCUT2D eigenvalue weighted by atomic mass is 31.2. The molecule has 3 N–H and O–H groups in total. The second kappa shape index (κ2) is 37.6. The van der Waals surface area contributed by atoms with Crippen molar-refractivity contribution in [2.24, 2.45) is 0 Å². The lowest BCUT2D eigenvalue weighted by molar-refractivity contribution is -0.870. The SMILES string of the molecule is CCCCCC/C=C\C/C=C\CCCCCCCC(=O)NC(COP(=O)(O)OCC[N+](C)(C)C)C(O)CCCCCCCCCCCCCCCCCC. The summed E-state index contributed by atoms with van der Waals surface area (Å²) in [6.07, 6.45) is 43.4. The fourth-order valence-electron chi connectivity index (χ4n) is 6.55. The number of likely N-dealkylation sites (N-methyl/N-ethyl adjacent to an activating group) is 1. The highest BCUT2D eigenvalue weighted by Gasteiger charge is 2.28. The van der Waals surface area contributed by atoms with E-state index >= 15 is 0 Å². The number of aliphatic hydroxyl groups is 1. The first-order chi connectivity index (χ1) is 26.0. The zero-order chi connectivity index (χ0) is 40.0. The fraction of sp³-hybridized carbons (Fsp3) is 0.889. The Morgan fingerprint density at radius 3 is 1.54 bits per heavy atom. The van der Waals surface area contributed by atoms with Gasteiger partial charge in [0.15, 0.2) is 0 Å². The van der Waals surface area contributed by atoms with E-state index in [1.165, 1.54) is 116 Å². The molecule has 0 rings (SSSR count). The fourth-order valence-corrected chi connectivity index (χ4v) is 7.28. The Labute approximate surface area is 334 Å². The van der Waals surface area contributed by atoms with E-state index < -0.39 is 20.0 Å². The molecule has 0 saturated carbocycles. The van der Waals surface area contributed by atoms with Gasteiger partial charge >= 0.3 is 7.82 Å². The number of nitrogens with zero attached hydrogens (tertiary/aromatic N) is 1. The maximum Gasteiger partial charge on any atom is 0.472 e. The first-order valence-electron chi connectivity index (χ1n) is 22.7. The van der Waals surface area contributed by atoms with E-state index in [2.05, 4.69) is 43.5 Å². The van der Waals surface area contributed by atoms with Gasteiger partial charge in [-0.15, -0.1) is 0 Å². The first kappa shape index (κ1) is 53.0. The highest BCUT2D eigenvalue weighted by molar-refractivity contribution is 7.47. The minimum atomic E-state index is -4.31. The van der Waals surface area contributed by atoms with Gasteiger partial charge in [-0.1, -0.05) is 179 Å². The largest absolute Gasteiger partial charge is 0.472 e. The summed E-state index contributed by atoms with van der Waals surface area (Å²) >= 11 is 0. The van der Waals surface area contributed by atoms with Crippen LogP contribution in [0.4, 0.5) is 0 Å². The summed E-state index contributed by atoms with van der Waals surface area (Å²) in [5.74, 6) is -0.158. The predicted octanol–water partition coefficient (Wildman–Crippen LogP) is 12.5. The average Bonchev–Trinajstić information content (AvgIpc) is 3.12. The molecular weight excluding hydrogens is 695 g/mol. The Morgan fingerprint density at radius 1 is 0.630 bits per heavy atom. The van der Waals surface area contributed by atoms with Crippen LogP contribution in [0.15, 0.2) is 24.3 Å². The number of aliphatic hydroxyl groups excluding tert-OH is 1. The molecule has 1 amide bonds. The van der Waals surface area contributed by atoms with Crippen LogP contribution in [-0.2, 0) is 18.4 Å². The molecule has 0 aliphatic carbocycles. The molecule has 0 aliphatic rings. The van der Waals surface area contributed by atoms with Crippen molar-refractivity contribution < 1.29 is 32.9 Å². The minimum absolute atomic E-state index is 0.0724. The second-order valence-electron chi connectivity index (χ2n) is 16.8. The monoisotopic (exact) mass is 786 g/mol. The Morgan fingerprint density at radius 2 is 1.06 bits per heavy atom. The van der Waals surface area contributed by atoms with E-state index in [-0.39, 0.29) is 19.1 Å². The molecule has 3 unspecified atom stereocenters. The van der Waals surface area contributed by atoms with Crippen LogP contribution >= 0.6 is 7.82 Å². The molecule has 0 spiro atoms. The third-order valence-electron chi connectivity index (χ3n) is 10.2. The Hall–Kier alpha value is -1.02. The topological polar surface area (TPSA) is 105 Å². The summed E-state index contributed by atoms with van der Waals surface area (Å²) in [6, 6.07) is -0.765. The van der Waals surface area contributed by atoms with E-state index in [1.807, 2.05) is 21.1 Å². The third kappa shape index (κ3) is 39.2. The van der Waals surface area contributed by atoms with Gasteiger partial charge in [-0.25, -0.2) is 4.57 Å². The summed E-state index contributed by atoms with van der Waals surface area (Å²) in [5, 5.41) is 14.0. The van der Waals surface area contributed by atoms with E-state index in [9.17, 15) is 19.4 Å². The van der Waals surface area contributed by atoms with Crippen molar-refractivity contribution in [3.8, 4) is 0 Å². The third-order valence-corrected chi connectivity index (χ3v) is 11.2. The number of phosphoric acid groups is 1. The number of quaternary nitrogens is 1. The van der Waals surface area contributed by atoms with Gasteiger partial charge < -0.3 is 19.8 Å². The van der Waals surface area contributed by atoms with Crippen LogP contribution in [0.3, 0.4) is 0 Å². The summed E-state index contributed by atoms with van der Waals surface area (Å²) in [4.78, 5) is 23.1. The predicted molar refractivity (Wildman–Crippen MR) is 231 cm³/mol. The van der Waals surface area contributed by atoms with Crippen LogP contribution < -0.4 is 5.32 Å². The summed E-state index contributed by atoms with van der Waals surface area (Å²) in [5.41, 5.74) is 0. The smallest absolute Gasteiger partial charge is 0.391 e. The second-order valence-corrected chi connectivity index (χ2v) is 18.2. The number of hydrogen-bond donors (Lipinski definition) is 3. The number of unbranched alkanes of at least 4 members (excludes halogenated alkanes) is 24.